The largest absolute Gasteiger partial charge is 0.489 e. The Morgan fingerprint density at radius 2 is 1.56 bits per heavy atom. The zero-order valence-corrected chi connectivity index (χ0v) is 10.7. The molecule has 0 fully saturated rings. The third-order valence-electron chi connectivity index (χ3n) is 2.75. The number of ether oxygens (including phenoxy) is 1. The molecule has 2 aromatic rings. The van der Waals surface area contributed by atoms with Gasteiger partial charge >= 0.3 is 0 Å². The van der Waals surface area contributed by atoms with Crippen LogP contribution in [0, 0.1) is 0 Å². The molecule has 0 unspecified atom stereocenters. The first-order chi connectivity index (χ1) is 8.88. The molecule has 0 aliphatic carbocycles. The minimum absolute atomic E-state index is 0.617. The molecule has 0 saturated carbocycles. The zero-order valence-electron chi connectivity index (χ0n) is 10.7. The van der Waals surface area contributed by atoms with Gasteiger partial charge in [0.2, 0.25) is 0 Å². The molecule has 2 aromatic carbocycles. The summed E-state index contributed by atoms with van der Waals surface area (Å²) in [6.45, 7) is 4.66. The van der Waals surface area contributed by atoms with Gasteiger partial charge in [0, 0.05) is 6.54 Å². The molecule has 0 heterocycles. The van der Waals surface area contributed by atoms with Crippen LogP contribution in [0.25, 0.3) is 0 Å². The highest BCUT2D eigenvalue weighted by molar-refractivity contribution is 5.24. The molecule has 0 saturated heterocycles. The van der Waals surface area contributed by atoms with Crippen molar-refractivity contribution in [3.63, 3.8) is 0 Å². The van der Waals surface area contributed by atoms with Gasteiger partial charge in [0.15, 0.2) is 0 Å². The van der Waals surface area contributed by atoms with Crippen molar-refractivity contribution < 1.29 is 4.74 Å². The maximum Gasteiger partial charge on any atom is 0.119 e. The number of rotatable bonds is 6. The summed E-state index contributed by atoms with van der Waals surface area (Å²) in [5.74, 6) is 0.911. The van der Waals surface area contributed by atoms with Gasteiger partial charge in [0.05, 0.1) is 0 Å². The minimum atomic E-state index is 0.617. The molecule has 0 amide bonds. The first-order valence-corrected chi connectivity index (χ1v) is 6.35. The van der Waals surface area contributed by atoms with E-state index < -0.39 is 0 Å². The van der Waals surface area contributed by atoms with Gasteiger partial charge in [-0.3, -0.25) is 0 Å². The molecule has 0 atom stereocenters. The lowest BCUT2D eigenvalue weighted by Gasteiger charge is -2.07. The van der Waals surface area contributed by atoms with Crippen LogP contribution in [0.15, 0.2) is 54.6 Å². The predicted octanol–water partition coefficient (Wildman–Crippen LogP) is 3.38. The van der Waals surface area contributed by atoms with Gasteiger partial charge in [-0.1, -0.05) is 49.4 Å². The van der Waals surface area contributed by atoms with E-state index >= 15 is 0 Å². The Hall–Kier alpha value is -1.80. The lowest BCUT2D eigenvalue weighted by atomic mass is 10.1. The molecule has 2 heteroatoms. The van der Waals surface area contributed by atoms with E-state index in [0.29, 0.717) is 6.61 Å². The molecule has 0 aliphatic heterocycles. The van der Waals surface area contributed by atoms with E-state index in [4.69, 9.17) is 4.74 Å². The Balaban J connectivity index is 1.86. The van der Waals surface area contributed by atoms with Gasteiger partial charge in [0.25, 0.3) is 0 Å². The second kappa shape index (κ2) is 6.82. The molecule has 0 aromatic heterocycles. The van der Waals surface area contributed by atoms with E-state index in [1.807, 2.05) is 30.3 Å². The molecule has 1 N–H and O–H groups in total. The van der Waals surface area contributed by atoms with Gasteiger partial charge < -0.3 is 10.1 Å². The predicted molar refractivity (Wildman–Crippen MR) is 74.6 cm³/mol. The number of hydrogen-bond acceptors (Lipinski definition) is 2. The van der Waals surface area contributed by atoms with Crippen molar-refractivity contribution in [3.8, 4) is 5.75 Å². The van der Waals surface area contributed by atoms with Crippen LogP contribution in [-0.2, 0) is 13.2 Å². The maximum absolute atomic E-state index is 5.70. The second-order valence-corrected chi connectivity index (χ2v) is 4.20. The van der Waals surface area contributed by atoms with Gasteiger partial charge in [-0.05, 0) is 29.8 Å². The van der Waals surface area contributed by atoms with Gasteiger partial charge in [-0.25, -0.2) is 0 Å². The quantitative estimate of drug-likeness (QED) is 0.837. The third kappa shape index (κ3) is 3.90. The summed E-state index contributed by atoms with van der Waals surface area (Å²) < 4.78 is 5.70. The van der Waals surface area contributed by atoms with E-state index in [1.165, 1.54) is 11.1 Å². The molecule has 94 valence electrons. The van der Waals surface area contributed by atoms with Crippen molar-refractivity contribution in [2.45, 2.75) is 20.1 Å². The summed E-state index contributed by atoms with van der Waals surface area (Å²) in [5.41, 5.74) is 2.50. The fourth-order valence-electron chi connectivity index (χ4n) is 1.71. The van der Waals surface area contributed by atoms with Crippen LogP contribution in [0.4, 0.5) is 0 Å². The third-order valence-corrected chi connectivity index (χ3v) is 2.75. The van der Waals surface area contributed by atoms with Crippen LogP contribution < -0.4 is 10.1 Å². The van der Waals surface area contributed by atoms with Gasteiger partial charge in [0.1, 0.15) is 12.4 Å². The Morgan fingerprint density at radius 3 is 2.22 bits per heavy atom. The van der Waals surface area contributed by atoms with Crippen molar-refractivity contribution in [1.29, 1.82) is 0 Å². The molecular weight excluding hydrogens is 222 g/mol. The Morgan fingerprint density at radius 1 is 0.889 bits per heavy atom. The molecule has 2 rings (SSSR count). The highest BCUT2D eigenvalue weighted by Crippen LogP contribution is 2.12. The SMILES string of the molecule is CCNCc1ccc(COc2ccccc2)cc1. The van der Waals surface area contributed by atoms with Crippen LogP contribution in [0.1, 0.15) is 18.1 Å². The Bertz CT molecular complexity index is 450. The first-order valence-electron chi connectivity index (χ1n) is 6.35. The summed E-state index contributed by atoms with van der Waals surface area (Å²) in [6.07, 6.45) is 0. The zero-order chi connectivity index (χ0) is 12.6. The number of para-hydroxylation sites is 1. The smallest absolute Gasteiger partial charge is 0.119 e. The molecule has 18 heavy (non-hydrogen) atoms. The second-order valence-electron chi connectivity index (χ2n) is 4.20. The lowest BCUT2D eigenvalue weighted by Crippen LogP contribution is -2.11. The fourth-order valence-corrected chi connectivity index (χ4v) is 1.71. The number of benzene rings is 2. The van der Waals surface area contributed by atoms with Crippen LogP contribution in [0.2, 0.25) is 0 Å². The highest BCUT2D eigenvalue weighted by atomic mass is 16.5. The fraction of sp³-hybridized carbons (Fsp3) is 0.250. The minimum Gasteiger partial charge on any atom is -0.489 e. The van der Waals surface area contributed by atoms with E-state index in [-0.39, 0.29) is 0 Å². The molecule has 2 nitrogen and oxygen atoms in total. The van der Waals surface area contributed by atoms with E-state index in [0.717, 1.165) is 18.8 Å². The number of nitrogens with one attached hydrogen (secondary N) is 1. The standard InChI is InChI=1S/C16H19NO/c1-2-17-12-14-8-10-15(11-9-14)13-18-16-6-4-3-5-7-16/h3-11,17H,2,12-13H2,1H3. The van der Waals surface area contributed by atoms with Gasteiger partial charge in [-0.15, -0.1) is 0 Å². The average molecular weight is 241 g/mol. The van der Waals surface area contributed by atoms with Gasteiger partial charge in [-0.2, -0.15) is 0 Å². The molecule has 0 aliphatic rings. The molecule has 0 bridgehead atoms. The van der Waals surface area contributed by atoms with Crippen molar-refractivity contribution in [3.05, 3.63) is 65.7 Å². The Kier molecular flexibility index (Phi) is 4.79. The van der Waals surface area contributed by atoms with E-state index in [1.54, 1.807) is 0 Å². The Labute approximate surface area is 109 Å². The van der Waals surface area contributed by atoms with Crippen molar-refractivity contribution in [2.24, 2.45) is 0 Å². The van der Waals surface area contributed by atoms with E-state index in [9.17, 15) is 0 Å². The van der Waals surface area contributed by atoms with Crippen molar-refractivity contribution in [1.82, 2.24) is 5.32 Å². The number of hydrogen-bond donors (Lipinski definition) is 1. The molecular formula is C16H19NO. The summed E-state index contributed by atoms with van der Waals surface area (Å²) in [5, 5.41) is 3.31. The summed E-state index contributed by atoms with van der Waals surface area (Å²) >= 11 is 0. The summed E-state index contributed by atoms with van der Waals surface area (Å²) in [4.78, 5) is 0. The van der Waals surface area contributed by atoms with Crippen LogP contribution in [-0.4, -0.2) is 6.54 Å². The van der Waals surface area contributed by atoms with Crippen molar-refractivity contribution in [2.75, 3.05) is 6.54 Å². The lowest BCUT2D eigenvalue weighted by molar-refractivity contribution is 0.306. The molecule has 0 spiro atoms. The average Bonchev–Trinajstić information content (AvgIpc) is 2.45. The summed E-state index contributed by atoms with van der Waals surface area (Å²) in [7, 11) is 0. The first kappa shape index (κ1) is 12.7. The van der Waals surface area contributed by atoms with Crippen molar-refractivity contribution >= 4 is 0 Å². The van der Waals surface area contributed by atoms with Crippen LogP contribution in [0.5, 0.6) is 5.75 Å². The van der Waals surface area contributed by atoms with Crippen LogP contribution in [0.3, 0.4) is 0 Å². The summed E-state index contributed by atoms with van der Waals surface area (Å²) in [6, 6.07) is 18.4. The normalized spacial score (nSPS) is 10.3. The monoisotopic (exact) mass is 241 g/mol. The topological polar surface area (TPSA) is 21.3 Å². The van der Waals surface area contributed by atoms with E-state index in [2.05, 4.69) is 36.5 Å². The highest BCUT2D eigenvalue weighted by Gasteiger charge is 1.96. The molecule has 0 radical (unpaired) electrons. The van der Waals surface area contributed by atoms with Crippen LogP contribution >= 0.6 is 0 Å². The maximum atomic E-state index is 5.70.